The van der Waals surface area contributed by atoms with Gasteiger partial charge >= 0.3 is 6.09 Å². The van der Waals surface area contributed by atoms with Crippen LogP contribution in [0, 0.1) is 11.3 Å². The molecule has 2 N–H and O–H groups in total. The first-order chi connectivity index (χ1) is 22.3. The Morgan fingerprint density at radius 3 is 2.47 bits per heavy atom. The minimum absolute atomic E-state index is 0.0921. The standard InChI is InChI=1S/C34H43N7O6/c1-21(2)45-29-16-26-25(15-27(29)31(36)43)28(18-37-32(26)46-24-7-6-12-40(20-24)30(42)8-11-35)22-17-38-41(19-22)23-9-13-39(14-10-23)33(44)47-34(3,4)5/h15-19,21,23-24H,6-10,12-14,20H2,1-5H3,(H2,36,43)/t24-/m1/s1. The molecule has 13 heteroatoms. The van der Waals surface area contributed by atoms with Crippen molar-refractivity contribution in [3.05, 3.63) is 36.3 Å². The Bertz CT molecular complexity index is 1680. The number of hydrogen-bond acceptors (Lipinski definition) is 9. The number of nitrogens with zero attached hydrogens (tertiary/aromatic N) is 6. The molecular weight excluding hydrogens is 602 g/mol. The van der Waals surface area contributed by atoms with Gasteiger partial charge in [-0.3, -0.25) is 14.3 Å². The van der Waals surface area contributed by atoms with Gasteiger partial charge in [-0.05, 0) is 77.8 Å². The highest BCUT2D eigenvalue weighted by molar-refractivity contribution is 6.06. The van der Waals surface area contributed by atoms with Gasteiger partial charge in [0.15, 0.2) is 0 Å². The van der Waals surface area contributed by atoms with Gasteiger partial charge in [0.2, 0.25) is 11.8 Å². The van der Waals surface area contributed by atoms with E-state index in [1.165, 1.54) is 0 Å². The average Bonchev–Trinajstić information content (AvgIpc) is 3.50. The van der Waals surface area contributed by atoms with Crippen molar-refractivity contribution in [3.8, 4) is 28.8 Å². The van der Waals surface area contributed by atoms with Gasteiger partial charge in [0.05, 0.1) is 36.5 Å². The number of nitrogens with two attached hydrogens (primary N) is 1. The Morgan fingerprint density at radius 2 is 1.81 bits per heavy atom. The highest BCUT2D eigenvalue weighted by Gasteiger charge is 2.29. The van der Waals surface area contributed by atoms with E-state index >= 15 is 0 Å². The molecule has 47 heavy (non-hydrogen) atoms. The molecular formula is C34H43N7O6. The summed E-state index contributed by atoms with van der Waals surface area (Å²) in [7, 11) is 0. The quantitative estimate of drug-likeness (QED) is 0.361. The number of primary amides is 1. The number of pyridine rings is 1. The van der Waals surface area contributed by atoms with Crippen LogP contribution in [0.15, 0.2) is 30.7 Å². The summed E-state index contributed by atoms with van der Waals surface area (Å²) in [6.45, 7) is 11.3. The lowest BCUT2D eigenvalue weighted by atomic mass is 9.99. The monoisotopic (exact) mass is 645 g/mol. The Kier molecular flexibility index (Phi) is 9.88. The third kappa shape index (κ3) is 7.93. The lowest BCUT2D eigenvalue weighted by molar-refractivity contribution is -0.132. The Morgan fingerprint density at radius 1 is 1.06 bits per heavy atom. The van der Waals surface area contributed by atoms with Crippen molar-refractivity contribution in [3.63, 3.8) is 0 Å². The van der Waals surface area contributed by atoms with Gasteiger partial charge in [-0.2, -0.15) is 10.4 Å². The number of fused-ring (bicyclic) bond motifs is 1. The first-order valence-electron chi connectivity index (χ1n) is 16.1. The van der Waals surface area contributed by atoms with Crippen molar-refractivity contribution < 1.29 is 28.6 Å². The van der Waals surface area contributed by atoms with Gasteiger partial charge in [-0.25, -0.2) is 9.78 Å². The second-order valence-corrected chi connectivity index (χ2v) is 13.4. The SMILES string of the molecule is CC(C)Oc1cc2c(O[C@@H]3CCCN(C(=O)CC#N)C3)ncc(-c3cnn(C4CCN(C(=O)OC(C)(C)C)CC4)c3)c2cc1C(N)=O. The van der Waals surface area contributed by atoms with Crippen LogP contribution in [-0.4, -0.2) is 86.5 Å². The van der Waals surface area contributed by atoms with Gasteiger partial charge in [0, 0.05) is 48.5 Å². The lowest BCUT2D eigenvalue weighted by Gasteiger charge is -2.33. The highest BCUT2D eigenvalue weighted by atomic mass is 16.6. The number of carbonyl (C=O) groups excluding carboxylic acids is 3. The molecule has 3 amide bonds. The first-order valence-corrected chi connectivity index (χ1v) is 16.1. The molecule has 2 aliphatic heterocycles. The Labute approximate surface area is 274 Å². The van der Waals surface area contributed by atoms with E-state index in [1.54, 1.807) is 34.3 Å². The third-order valence-electron chi connectivity index (χ3n) is 8.22. The zero-order valence-corrected chi connectivity index (χ0v) is 27.7. The first kappa shape index (κ1) is 33.5. The summed E-state index contributed by atoms with van der Waals surface area (Å²) in [5, 5.41) is 15.0. The largest absolute Gasteiger partial charge is 0.490 e. The molecule has 2 saturated heterocycles. The van der Waals surface area contributed by atoms with E-state index in [0.717, 1.165) is 36.8 Å². The fraction of sp³-hybridized carbons (Fsp3) is 0.529. The summed E-state index contributed by atoms with van der Waals surface area (Å²) in [5.41, 5.74) is 7.03. The number of amides is 3. The fourth-order valence-corrected chi connectivity index (χ4v) is 6.02. The molecule has 13 nitrogen and oxygen atoms in total. The molecule has 3 aromatic rings. The predicted octanol–water partition coefficient (Wildman–Crippen LogP) is 4.84. The number of likely N-dealkylation sites (tertiary alicyclic amines) is 2. The second kappa shape index (κ2) is 13.9. The summed E-state index contributed by atoms with van der Waals surface area (Å²) in [4.78, 5) is 45.6. The molecule has 250 valence electrons. The van der Waals surface area contributed by atoms with E-state index in [4.69, 9.17) is 30.2 Å². The Balaban J connectivity index is 1.45. The van der Waals surface area contributed by atoms with Crippen molar-refractivity contribution in [1.29, 1.82) is 5.26 Å². The van der Waals surface area contributed by atoms with E-state index < -0.39 is 11.5 Å². The molecule has 1 aromatic carbocycles. The van der Waals surface area contributed by atoms with E-state index in [1.807, 2.05) is 51.6 Å². The predicted molar refractivity (Wildman–Crippen MR) is 174 cm³/mol. The van der Waals surface area contributed by atoms with Crippen LogP contribution < -0.4 is 15.2 Å². The average molecular weight is 646 g/mol. The van der Waals surface area contributed by atoms with Crippen LogP contribution >= 0.6 is 0 Å². The maximum Gasteiger partial charge on any atom is 0.410 e. The number of nitriles is 1. The van der Waals surface area contributed by atoms with E-state index in [2.05, 4.69) is 5.10 Å². The van der Waals surface area contributed by atoms with Crippen molar-refractivity contribution in [1.82, 2.24) is 24.6 Å². The molecule has 1 atom stereocenters. The van der Waals surface area contributed by atoms with Gasteiger partial charge in [-0.1, -0.05) is 0 Å². The summed E-state index contributed by atoms with van der Waals surface area (Å²) < 4.78 is 19.9. The normalized spacial score (nSPS) is 17.4. The smallest absolute Gasteiger partial charge is 0.410 e. The number of hydrogen-bond donors (Lipinski definition) is 1. The van der Waals surface area contributed by atoms with Crippen LogP contribution in [0.1, 0.15) is 83.1 Å². The number of benzene rings is 1. The number of carbonyl (C=O) groups is 3. The molecule has 0 spiro atoms. The van der Waals surface area contributed by atoms with Crippen LogP contribution in [-0.2, 0) is 9.53 Å². The maximum absolute atomic E-state index is 12.6. The van der Waals surface area contributed by atoms with Gasteiger partial charge in [-0.15, -0.1) is 0 Å². The van der Waals surface area contributed by atoms with E-state index in [0.29, 0.717) is 48.6 Å². The molecule has 0 saturated carbocycles. The lowest BCUT2D eigenvalue weighted by Crippen LogP contribution is -2.44. The van der Waals surface area contributed by atoms with Crippen molar-refractivity contribution in [2.24, 2.45) is 5.73 Å². The van der Waals surface area contributed by atoms with Crippen LogP contribution in [0.25, 0.3) is 21.9 Å². The number of aromatic nitrogens is 3. The van der Waals surface area contributed by atoms with Crippen LogP contribution in [0.4, 0.5) is 4.79 Å². The van der Waals surface area contributed by atoms with Gasteiger partial charge < -0.3 is 29.7 Å². The topological polar surface area (TPSA) is 166 Å². The van der Waals surface area contributed by atoms with Gasteiger partial charge in [0.1, 0.15) is 23.9 Å². The molecule has 0 radical (unpaired) electrons. The summed E-state index contributed by atoms with van der Waals surface area (Å²) in [5.74, 6) is -0.181. The third-order valence-corrected chi connectivity index (χ3v) is 8.22. The summed E-state index contributed by atoms with van der Waals surface area (Å²) in [6, 6.07) is 5.46. The van der Waals surface area contributed by atoms with Crippen molar-refractivity contribution >= 4 is 28.7 Å². The van der Waals surface area contributed by atoms with Crippen LogP contribution in [0.3, 0.4) is 0 Å². The van der Waals surface area contributed by atoms with Crippen LogP contribution in [0.5, 0.6) is 11.6 Å². The van der Waals surface area contributed by atoms with E-state index in [-0.39, 0.29) is 42.2 Å². The van der Waals surface area contributed by atoms with E-state index in [9.17, 15) is 14.4 Å². The number of rotatable bonds is 8. The van der Waals surface area contributed by atoms with Crippen molar-refractivity contribution in [2.45, 2.75) is 90.6 Å². The molecule has 2 aliphatic rings. The fourth-order valence-electron chi connectivity index (χ4n) is 6.02. The minimum atomic E-state index is -0.626. The minimum Gasteiger partial charge on any atom is -0.490 e. The van der Waals surface area contributed by atoms with Gasteiger partial charge in [0.25, 0.3) is 5.91 Å². The maximum atomic E-state index is 12.6. The number of ether oxygens (including phenoxy) is 3. The van der Waals surface area contributed by atoms with Crippen molar-refractivity contribution in [2.75, 3.05) is 26.2 Å². The second-order valence-electron chi connectivity index (χ2n) is 13.4. The van der Waals surface area contributed by atoms with Crippen LogP contribution in [0.2, 0.25) is 0 Å². The summed E-state index contributed by atoms with van der Waals surface area (Å²) >= 11 is 0. The molecule has 0 unspecified atom stereocenters. The Hall–Kier alpha value is -4.86. The zero-order chi connectivity index (χ0) is 33.9. The molecule has 4 heterocycles. The molecule has 2 fully saturated rings. The molecule has 0 bridgehead atoms. The number of piperidine rings is 2. The molecule has 5 rings (SSSR count). The molecule has 0 aliphatic carbocycles. The zero-order valence-electron chi connectivity index (χ0n) is 27.7. The summed E-state index contributed by atoms with van der Waals surface area (Å²) in [6.07, 6.45) is 7.29. The molecule has 2 aromatic heterocycles. The highest BCUT2D eigenvalue weighted by Crippen LogP contribution is 2.38.